The van der Waals surface area contributed by atoms with Crippen molar-refractivity contribution in [2.24, 2.45) is 0 Å². The molecule has 0 rings (SSSR count). The van der Waals surface area contributed by atoms with Crippen molar-refractivity contribution in [3.05, 3.63) is 12.7 Å². The van der Waals surface area contributed by atoms with Gasteiger partial charge in [-0.25, -0.2) is 4.79 Å². The molecule has 0 aromatic heterocycles. The minimum Gasteiger partial charge on any atom is -0.460 e. The lowest BCUT2D eigenvalue weighted by Gasteiger charge is -2.11. The van der Waals surface area contributed by atoms with E-state index in [2.05, 4.69) is 6.58 Å². The lowest BCUT2D eigenvalue weighted by atomic mass is 10.0. The van der Waals surface area contributed by atoms with Crippen LogP contribution in [0.3, 0.4) is 0 Å². The highest BCUT2D eigenvalue weighted by atomic mass is 35.5. The van der Waals surface area contributed by atoms with Gasteiger partial charge in [-0.15, -0.1) is 23.2 Å². The van der Waals surface area contributed by atoms with Crippen molar-refractivity contribution < 1.29 is 9.53 Å². The molecule has 0 saturated heterocycles. The Hall–Kier alpha value is 0.00688. The SMILES string of the molecule is C=CC(=O)OC(C)CCCCCCCCCCCCCCCCCCC[Si]C(Cl)Cl. The van der Waals surface area contributed by atoms with Crippen LogP contribution in [-0.2, 0) is 9.53 Å². The van der Waals surface area contributed by atoms with Gasteiger partial charge in [0, 0.05) is 6.08 Å². The average molecular weight is 478 g/mol. The molecule has 0 fully saturated rings. The van der Waals surface area contributed by atoms with Crippen LogP contribution in [0.25, 0.3) is 0 Å². The quantitative estimate of drug-likeness (QED) is 0.0482. The third kappa shape index (κ3) is 24.3. The molecule has 0 aromatic rings. The number of ether oxygens (including phenoxy) is 1. The van der Waals surface area contributed by atoms with Crippen LogP contribution in [-0.4, -0.2) is 26.1 Å². The van der Waals surface area contributed by atoms with Crippen LogP contribution in [0.4, 0.5) is 0 Å². The van der Waals surface area contributed by atoms with Crippen molar-refractivity contribution in [3.63, 3.8) is 0 Å². The van der Waals surface area contributed by atoms with Crippen molar-refractivity contribution in [1.82, 2.24) is 0 Å². The van der Waals surface area contributed by atoms with E-state index in [1.54, 1.807) is 0 Å². The fourth-order valence-corrected chi connectivity index (χ4v) is 5.05. The molecule has 0 bridgehead atoms. The molecule has 0 aliphatic rings. The lowest BCUT2D eigenvalue weighted by Crippen LogP contribution is -2.12. The number of carbonyl (C=O) groups excluding carboxylic acids is 1. The molecule has 1 atom stereocenters. The molecular formula is C25H46Cl2O2Si. The van der Waals surface area contributed by atoms with Gasteiger partial charge in [-0.3, -0.25) is 0 Å². The molecule has 2 radical (unpaired) electrons. The maximum absolute atomic E-state index is 11.1. The largest absolute Gasteiger partial charge is 0.460 e. The number of halogens is 2. The maximum Gasteiger partial charge on any atom is 0.330 e. The van der Waals surface area contributed by atoms with Gasteiger partial charge in [0.25, 0.3) is 0 Å². The second-order valence-corrected chi connectivity index (χ2v) is 11.8. The van der Waals surface area contributed by atoms with Gasteiger partial charge in [0.05, 0.1) is 20.1 Å². The summed E-state index contributed by atoms with van der Waals surface area (Å²) >= 11 is 11.5. The molecule has 0 N–H and O–H groups in total. The molecule has 1 unspecified atom stereocenters. The van der Waals surface area contributed by atoms with E-state index in [4.69, 9.17) is 27.9 Å². The molecule has 0 saturated carbocycles. The summed E-state index contributed by atoms with van der Waals surface area (Å²) < 4.78 is 5.03. The summed E-state index contributed by atoms with van der Waals surface area (Å²) in [5.74, 6) is -0.307. The van der Waals surface area contributed by atoms with Gasteiger partial charge in [0.15, 0.2) is 0 Å². The Kier molecular flexibility index (Phi) is 23.7. The first-order valence-corrected chi connectivity index (χ1v) is 14.6. The summed E-state index contributed by atoms with van der Waals surface area (Å²) in [6.07, 6.45) is 25.3. The lowest BCUT2D eigenvalue weighted by molar-refractivity contribution is -0.142. The summed E-state index contributed by atoms with van der Waals surface area (Å²) in [6.45, 7) is 5.39. The third-order valence-corrected chi connectivity index (χ3v) is 7.45. The van der Waals surface area contributed by atoms with Gasteiger partial charge in [0.2, 0.25) is 0 Å². The Bertz CT molecular complexity index is 391. The first-order valence-electron chi connectivity index (χ1n) is 12.4. The van der Waals surface area contributed by atoms with Gasteiger partial charge >= 0.3 is 5.97 Å². The Morgan fingerprint density at radius 1 is 0.767 bits per heavy atom. The normalized spacial score (nSPS) is 12.3. The van der Waals surface area contributed by atoms with E-state index in [9.17, 15) is 4.79 Å². The molecule has 0 aliphatic carbocycles. The zero-order valence-electron chi connectivity index (χ0n) is 19.4. The highest BCUT2D eigenvalue weighted by Gasteiger charge is 2.05. The van der Waals surface area contributed by atoms with Crippen molar-refractivity contribution >= 4 is 38.7 Å². The first kappa shape index (κ1) is 30.0. The van der Waals surface area contributed by atoms with E-state index < -0.39 is 0 Å². The summed E-state index contributed by atoms with van der Waals surface area (Å²) in [4.78, 5) is 11.1. The molecular weight excluding hydrogens is 431 g/mol. The minimum absolute atomic E-state index is 0.0155. The topological polar surface area (TPSA) is 26.3 Å². The van der Waals surface area contributed by atoms with E-state index in [0.29, 0.717) is 9.52 Å². The first-order chi connectivity index (χ1) is 14.6. The van der Waals surface area contributed by atoms with Crippen LogP contribution in [0.15, 0.2) is 12.7 Å². The maximum atomic E-state index is 11.1. The molecule has 30 heavy (non-hydrogen) atoms. The smallest absolute Gasteiger partial charge is 0.330 e. The van der Waals surface area contributed by atoms with Crippen molar-refractivity contribution in [3.8, 4) is 0 Å². The molecule has 176 valence electrons. The average Bonchev–Trinajstić information content (AvgIpc) is 2.71. The molecule has 0 aliphatic heterocycles. The number of unbranched alkanes of at least 4 members (excludes halogenated alkanes) is 16. The number of alkyl halides is 2. The number of carbonyl (C=O) groups is 1. The minimum atomic E-state index is -0.307. The number of rotatable bonds is 23. The van der Waals surface area contributed by atoms with Crippen molar-refractivity contribution in [2.75, 3.05) is 0 Å². The van der Waals surface area contributed by atoms with E-state index in [-0.39, 0.29) is 16.5 Å². The second-order valence-electron chi connectivity index (χ2n) is 8.51. The highest BCUT2D eigenvalue weighted by Crippen LogP contribution is 2.15. The number of hydrogen-bond acceptors (Lipinski definition) is 2. The van der Waals surface area contributed by atoms with Crippen molar-refractivity contribution in [1.29, 1.82) is 0 Å². The molecule has 0 spiro atoms. The Morgan fingerprint density at radius 2 is 1.13 bits per heavy atom. The zero-order chi connectivity index (χ0) is 22.3. The van der Waals surface area contributed by atoms with E-state index in [1.807, 2.05) is 6.92 Å². The van der Waals surface area contributed by atoms with Crippen LogP contribution < -0.4 is 0 Å². The van der Waals surface area contributed by atoms with E-state index >= 15 is 0 Å². The fourth-order valence-electron chi connectivity index (χ4n) is 3.72. The van der Waals surface area contributed by atoms with Crippen LogP contribution in [0.1, 0.15) is 122 Å². The molecule has 0 aromatic carbocycles. The number of hydrogen-bond donors (Lipinski definition) is 0. The number of esters is 1. The summed E-state index contributed by atoms with van der Waals surface area (Å²) in [6, 6.07) is 1.20. The van der Waals surface area contributed by atoms with E-state index in [1.165, 1.54) is 115 Å². The third-order valence-electron chi connectivity index (χ3n) is 5.57. The predicted octanol–water partition coefficient (Wildman–Crippen LogP) is 9.01. The van der Waals surface area contributed by atoms with Crippen LogP contribution in [0.5, 0.6) is 0 Å². The second kappa shape index (κ2) is 23.7. The summed E-state index contributed by atoms with van der Waals surface area (Å²) in [5, 5.41) is 0. The van der Waals surface area contributed by atoms with Crippen LogP contribution in [0, 0.1) is 0 Å². The highest BCUT2D eigenvalue weighted by molar-refractivity contribution is 6.68. The van der Waals surface area contributed by atoms with E-state index in [0.717, 1.165) is 12.8 Å². The molecule has 0 amide bonds. The predicted molar refractivity (Wildman–Crippen MR) is 135 cm³/mol. The van der Waals surface area contributed by atoms with Gasteiger partial charge in [0.1, 0.15) is 0 Å². The Labute approximate surface area is 199 Å². The Balaban J connectivity index is 3.11. The summed E-state index contributed by atoms with van der Waals surface area (Å²) in [7, 11) is 0.712. The molecule has 2 nitrogen and oxygen atoms in total. The van der Waals surface area contributed by atoms with Gasteiger partial charge in [-0.05, 0) is 19.8 Å². The summed E-state index contributed by atoms with van der Waals surface area (Å²) in [5.41, 5.74) is 0. The fraction of sp³-hybridized carbons (Fsp3) is 0.880. The van der Waals surface area contributed by atoms with Crippen LogP contribution >= 0.6 is 23.2 Å². The zero-order valence-corrected chi connectivity index (χ0v) is 22.0. The molecule has 5 heteroatoms. The van der Waals surface area contributed by atoms with Gasteiger partial charge < -0.3 is 4.74 Å². The van der Waals surface area contributed by atoms with Crippen molar-refractivity contribution in [2.45, 2.75) is 139 Å². The van der Waals surface area contributed by atoms with Gasteiger partial charge in [-0.2, -0.15) is 0 Å². The standard InChI is InChI=1S/C25H46Cl2O2Si/c1-3-24(28)29-23(2)21-19-17-15-13-11-9-7-5-4-6-8-10-12-14-16-18-20-22-30-25(26)27/h3,23,25H,1,4-22H2,2H3. The van der Waals surface area contributed by atoms with Gasteiger partial charge in [-0.1, -0.05) is 115 Å². The molecule has 0 heterocycles. The monoisotopic (exact) mass is 476 g/mol. The Morgan fingerprint density at radius 3 is 1.50 bits per heavy atom. The van der Waals surface area contributed by atoms with Crippen LogP contribution in [0.2, 0.25) is 6.04 Å².